The van der Waals surface area contributed by atoms with Crippen LogP contribution in [-0.2, 0) is 0 Å². The van der Waals surface area contributed by atoms with E-state index in [1.54, 1.807) is 4.90 Å². The van der Waals surface area contributed by atoms with Gasteiger partial charge in [0.2, 0.25) is 0 Å². The number of benzene rings is 1. The van der Waals surface area contributed by atoms with E-state index in [1.807, 2.05) is 13.8 Å². The van der Waals surface area contributed by atoms with E-state index in [4.69, 9.17) is 11.6 Å². The zero-order chi connectivity index (χ0) is 14.6. The fourth-order valence-electron chi connectivity index (χ4n) is 1.68. The predicted molar refractivity (Wildman–Crippen MR) is 78.1 cm³/mol. The lowest BCUT2D eigenvalue weighted by atomic mass is 10.1. The van der Waals surface area contributed by atoms with Gasteiger partial charge in [-0.3, -0.25) is 14.9 Å². The van der Waals surface area contributed by atoms with Gasteiger partial charge in [-0.05, 0) is 26.0 Å². The predicted octanol–water partition coefficient (Wildman–Crippen LogP) is 3.49. The van der Waals surface area contributed by atoms with Crippen molar-refractivity contribution in [3.8, 4) is 0 Å². The molecule has 19 heavy (non-hydrogen) atoms. The van der Waals surface area contributed by atoms with Crippen molar-refractivity contribution in [2.45, 2.75) is 19.9 Å². The van der Waals surface area contributed by atoms with Crippen LogP contribution in [0.3, 0.4) is 0 Å². The summed E-state index contributed by atoms with van der Waals surface area (Å²) in [5, 5.41) is 11.8. The molecule has 0 N–H and O–H groups in total. The van der Waals surface area contributed by atoms with Crippen molar-refractivity contribution < 1.29 is 9.72 Å². The minimum Gasteiger partial charge on any atom is -0.335 e. The number of nitrogens with zero attached hydrogens (tertiary/aromatic N) is 2. The SMILES string of the molecule is CC(C)N(CCBr)C(=O)c1ccc(Cl)cc1[N+](=O)[O-]. The zero-order valence-corrected chi connectivity index (χ0v) is 12.9. The molecule has 0 saturated heterocycles. The molecule has 1 aromatic rings. The minimum absolute atomic E-state index is 0.0414. The molecule has 0 unspecified atom stereocenters. The van der Waals surface area contributed by atoms with Gasteiger partial charge in [-0.25, -0.2) is 0 Å². The molecule has 5 nitrogen and oxygen atoms in total. The average Bonchev–Trinajstić information content (AvgIpc) is 2.34. The summed E-state index contributed by atoms with van der Waals surface area (Å²) in [5.41, 5.74) is -0.207. The second-order valence-corrected chi connectivity index (χ2v) is 5.43. The lowest BCUT2D eigenvalue weighted by Crippen LogP contribution is -2.38. The van der Waals surface area contributed by atoms with E-state index < -0.39 is 4.92 Å². The number of rotatable bonds is 5. The molecule has 0 fully saturated rings. The first-order valence-electron chi connectivity index (χ1n) is 5.69. The Morgan fingerprint density at radius 1 is 1.53 bits per heavy atom. The van der Waals surface area contributed by atoms with Crippen molar-refractivity contribution in [1.29, 1.82) is 0 Å². The Balaban J connectivity index is 3.21. The number of carbonyl (C=O) groups excluding carboxylic acids is 1. The molecule has 0 spiro atoms. The van der Waals surface area contributed by atoms with Gasteiger partial charge in [-0.1, -0.05) is 27.5 Å². The van der Waals surface area contributed by atoms with E-state index >= 15 is 0 Å². The molecular weight excluding hydrogens is 336 g/mol. The van der Waals surface area contributed by atoms with Gasteiger partial charge in [0.25, 0.3) is 11.6 Å². The van der Waals surface area contributed by atoms with E-state index in [9.17, 15) is 14.9 Å². The molecule has 0 atom stereocenters. The van der Waals surface area contributed by atoms with Crippen molar-refractivity contribution in [3.05, 3.63) is 38.9 Å². The Hall–Kier alpha value is -1.14. The van der Waals surface area contributed by atoms with Gasteiger partial charge in [-0.15, -0.1) is 0 Å². The number of carbonyl (C=O) groups is 1. The number of alkyl halides is 1. The average molecular weight is 350 g/mol. The molecule has 104 valence electrons. The van der Waals surface area contributed by atoms with Gasteiger partial charge in [-0.2, -0.15) is 0 Å². The largest absolute Gasteiger partial charge is 0.335 e. The first kappa shape index (κ1) is 15.9. The van der Waals surface area contributed by atoms with E-state index in [0.717, 1.165) is 0 Å². The second kappa shape index (κ2) is 6.86. The van der Waals surface area contributed by atoms with Gasteiger partial charge >= 0.3 is 0 Å². The molecule has 0 aromatic heterocycles. The summed E-state index contributed by atoms with van der Waals surface area (Å²) in [7, 11) is 0. The molecule has 0 aliphatic carbocycles. The fourth-order valence-corrected chi connectivity index (χ4v) is 2.23. The summed E-state index contributed by atoms with van der Waals surface area (Å²) in [4.78, 5) is 24.3. The summed E-state index contributed by atoms with van der Waals surface area (Å²) in [6.07, 6.45) is 0. The first-order chi connectivity index (χ1) is 8.88. The summed E-state index contributed by atoms with van der Waals surface area (Å²) in [5.74, 6) is -0.363. The fraction of sp³-hybridized carbons (Fsp3) is 0.417. The number of hydrogen-bond donors (Lipinski definition) is 0. The molecule has 0 heterocycles. The Morgan fingerprint density at radius 2 is 2.16 bits per heavy atom. The molecule has 1 aromatic carbocycles. The Morgan fingerprint density at radius 3 is 2.63 bits per heavy atom. The lowest BCUT2D eigenvalue weighted by molar-refractivity contribution is -0.385. The van der Waals surface area contributed by atoms with Crippen LogP contribution in [0.2, 0.25) is 5.02 Å². The minimum atomic E-state index is -0.592. The summed E-state index contributed by atoms with van der Waals surface area (Å²) < 4.78 is 0. The maximum atomic E-state index is 12.4. The highest BCUT2D eigenvalue weighted by Crippen LogP contribution is 2.25. The number of amides is 1. The summed E-state index contributed by atoms with van der Waals surface area (Å²) in [6, 6.07) is 4.03. The Kier molecular flexibility index (Phi) is 5.75. The van der Waals surface area contributed by atoms with Crippen LogP contribution < -0.4 is 0 Å². The van der Waals surface area contributed by atoms with Gasteiger partial charge < -0.3 is 4.90 Å². The van der Waals surface area contributed by atoms with Crippen LogP contribution in [0.15, 0.2) is 18.2 Å². The maximum Gasteiger partial charge on any atom is 0.283 e. The van der Waals surface area contributed by atoms with Gasteiger partial charge in [0.1, 0.15) is 5.56 Å². The van der Waals surface area contributed by atoms with E-state index in [-0.39, 0.29) is 28.2 Å². The molecule has 0 aliphatic rings. The summed E-state index contributed by atoms with van der Waals surface area (Å²) >= 11 is 9.00. The van der Waals surface area contributed by atoms with Crippen LogP contribution in [0.5, 0.6) is 0 Å². The van der Waals surface area contributed by atoms with Crippen LogP contribution in [-0.4, -0.2) is 33.6 Å². The molecule has 0 bridgehead atoms. The quantitative estimate of drug-likeness (QED) is 0.464. The van der Waals surface area contributed by atoms with E-state index in [2.05, 4.69) is 15.9 Å². The lowest BCUT2D eigenvalue weighted by Gasteiger charge is -2.25. The molecular formula is C12H14BrClN2O3. The Labute approximate surface area is 124 Å². The third kappa shape index (κ3) is 3.91. The van der Waals surface area contributed by atoms with Crippen molar-refractivity contribution in [2.75, 3.05) is 11.9 Å². The van der Waals surface area contributed by atoms with Gasteiger partial charge in [0, 0.05) is 29.0 Å². The monoisotopic (exact) mass is 348 g/mol. The molecule has 0 aliphatic heterocycles. The topological polar surface area (TPSA) is 63.5 Å². The highest BCUT2D eigenvalue weighted by Gasteiger charge is 2.26. The third-order valence-electron chi connectivity index (χ3n) is 2.60. The van der Waals surface area contributed by atoms with Crippen LogP contribution in [0.25, 0.3) is 0 Å². The van der Waals surface area contributed by atoms with Gasteiger partial charge in [0.05, 0.1) is 4.92 Å². The van der Waals surface area contributed by atoms with Gasteiger partial charge in [0.15, 0.2) is 0 Å². The second-order valence-electron chi connectivity index (χ2n) is 4.20. The standard InChI is InChI=1S/C12H14BrClN2O3/c1-8(2)15(6-5-13)12(17)10-4-3-9(14)7-11(10)16(18)19/h3-4,7-8H,5-6H2,1-2H3. The van der Waals surface area contributed by atoms with Crippen LogP contribution in [0.1, 0.15) is 24.2 Å². The molecule has 0 saturated carbocycles. The normalized spacial score (nSPS) is 10.6. The summed E-state index contributed by atoms with van der Waals surface area (Å²) in [6.45, 7) is 4.21. The number of halogens is 2. The zero-order valence-electron chi connectivity index (χ0n) is 10.6. The molecule has 7 heteroatoms. The van der Waals surface area contributed by atoms with Crippen molar-refractivity contribution in [1.82, 2.24) is 4.90 Å². The number of hydrogen-bond acceptors (Lipinski definition) is 3. The highest BCUT2D eigenvalue weighted by molar-refractivity contribution is 9.09. The van der Waals surface area contributed by atoms with E-state index in [1.165, 1.54) is 18.2 Å². The molecule has 1 amide bonds. The van der Waals surface area contributed by atoms with Crippen molar-refractivity contribution in [2.24, 2.45) is 0 Å². The first-order valence-corrected chi connectivity index (χ1v) is 7.19. The third-order valence-corrected chi connectivity index (χ3v) is 3.19. The molecule has 1 rings (SSSR count). The highest BCUT2D eigenvalue weighted by atomic mass is 79.9. The molecule has 0 radical (unpaired) electrons. The van der Waals surface area contributed by atoms with Crippen LogP contribution >= 0.6 is 27.5 Å². The number of nitro benzene ring substituents is 1. The van der Waals surface area contributed by atoms with Crippen LogP contribution in [0.4, 0.5) is 5.69 Å². The van der Waals surface area contributed by atoms with Crippen molar-refractivity contribution >= 4 is 39.1 Å². The van der Waals surface area contributed by atoms with Crippen molar-refractivity contribution in [3.63, 3.8) is 0 Å². The smallest absolute Gasteiger partial charge is 0.283 e. The van der Waals surface area contributed by atoms with Crippen LogP contribution in [0, 0.1) is 10.1 Å². The maximum absolute atomic E-state index is 12.4. The Bertz CT molecular complexity index is 494. The number of nitro groups is 1. The van der Waals surface area contributed by atoms with E-state index in [0.29, 0.717) is 11.9 Å².